The van der Waals surface area contributed by atoms with E-state index >= 15 is 0 Å². The number of aryl methyl sites for hydroxylation is 1. The molecule has 23 heavy (non-hydrogen) atoms. The number of nitrogens with zero attached hydrogens (tertiary/aromatic N) is 2. The number of allylic oxidation sites excluding steroid dienone is 4. The molecule has 0 radical (unpaired) electrons. The van der Waals surface area contributed by atoms with E-state index in [0.717, 1.165) is 0 Å². The van der Waals surface area contributed by atoms with E-state index in [1.807, 2.05) is 13.0 Å². The van der Waals surface area contributed by atoms with Gasteiger partial charge in [-0.15, -0.1) is 0 Å². The Morgan fingerprint density at radius 2 is 2.13 bits per heavy atom. The number of aliphatic hydroxyl groups excluding tert-OH is 1. The lowest BCUT2D eigenvalue weighted by atomic mass is 9.77. The third-order valence-corrected chi connectivity index (χ3v) is 6.75. The number of hydrogen-bond donors (Lipinski definition) is 3. The summed E-state index contributed by atoms with van der Waals surface area (Å²) in [7, 11) is -3.90. The molecule has 2 rings (SSSR count). The van der Waals surface area contributed by atoms with Gasteiger partial charge in [-0.3, -0.25) is 0 Å². The topological polar surface area (TPSA) is 132 Å². The minimum Gasteiger partial charge on any atom is -0.396 e. The van der Waals surface area contributed by atoms with E-state index in [9.17, 15) is 13.5 Å². The first kappa shape index (κ1) is 18.1. The maximum absolute atomic E-state index is 11.9. The second-order valence-electron chi connectivity index (χ2n) is 5.76. The van der Waals surface area contributed by atoms with Gasteiger partial charge in [-0.2, -0.15) is 0 Å². The van der Waals surface area contributed by atoms with E-state index in [1.165, 1.54) is 6.08 Å². The third-order valence-electron chi connectivity index (χ3n) is 3.90. The number of sulfonamides is 1. The van der Waals surface area contributed by atoms with Crippen LogP contribution in [-0.4, -0.2) is 34.9 Å². The van der Waals surface area contributed by atoms with E-state index < -0.39 is 20.3 Å². The molecular weight excluding hydrogens is 384 g/mol. The van der Waals surface area contributed by atoms with Crippen LogP contribution in [0.15, 0.2) is 23.3 Å². The number of rotatable bonds is 4. The van der Waals surface area contributed by atoms with Crippen LogP contribution in [0.4, 0.5) is 5.95 Å². The van der Waals surface area contributed by atoms with Crippen LogP contribution in [-0.2, 0) is 10.0 Å². The second-order valence-corrected chi connectivity index (χ2v) is 8.24. The highest BCUT2D eigenvalue weighted by atomic mass is 79.9. The first-order valence-electron chi connectivity index (χ1n) is 6.90. The lowest BCUT2D eigenvalue weighted by Crippen LogP contribution is -2.36. The molecule has 0 bridgehead atoms. The molecule has 0 fully saturated rings. The molecule has 0 aromatic carbocycles. The lowest BCUT2D eigenvalue weighted by molar-refractivity contribution is 0.234. The molecule has 0 saturated carbocycles. The molecule has 1 aromatic heterocycles. The largest absolute Gasteiger partial charge is 0.396 e. The molecule has 0 aliphatic heterocycles. The summed E-state index contributed by atoms with van der Waals surface area (Å²) in [5.74, 6) is 0.148. The van der Waals surface area contributed by atoms with Gasteiger partial charge in [0.15, 0.2) is 0 Å². The van der Waals surface area contributed by atoms with E-state index in [0.29, 0.717) is 23.3 Å². The molecule has 0 amide bonds. The minimum absolute atomic E-state index is 0.0576. The van der Waals surface area contributed by atoms with Crippen LogP contribution < -0.4 is 10.9 Å². The van der Waals surface area contributed by atoms with Crippen LogP contribution in [0.25, 0.3) is 5.57 Å². The highest BCUT2D eigenvalue weighted by Crippen LogP contribution is 2.45. The molecule has 0 saturated heterocycles. The Bertz CT molecular complexity index is 791. The number of aromatic nitrogens is 2. The van der Waals surface area contributed by atoms with Gasteiger partial charge in [0.05, 0.1) is 15.4 Å². The summed E-state index contributed by atoms with van der Waals surface area (Å²) in [5, 5.41) is 14.7. The number of anilines is 1. The first-order valence-corrected chi connectivity index (χ1v) is 9.36. The van der Waals surface area contributed by atoms with Gasteiger partial charge in [-0.1, -0.05) is 28.9 Å². The normalized spacial score (nSPS) is 25.0. The van der Waals surface area contributed by atoms with Crippen LogP contribution in [0.1, 0.15) is 24.6 Å². The van der Waals surface area contributed by atoms with E-state index in [1.54, 1.807) is 13.1 Å². The molecule has 0 spiro atoms. The Balaban J connectivity index is 2.66. The van der Waals surface area contributed by atoms with Crippen LogP contribution >= 0.6 is 15.9 Å². The lowest BCUT2D eigenvalue weighted by Gasteiger charge is -2.36. The van der Waals surface area contributed by atoms with Crippen molar-refractivity contribution in [1.82, 2.24) is 9.97 Å². The quantitative estimate of drug-likeness (QED) is 0.645. The van der Waals surface area contributed by atoms with Crippen LogP contribution in [0.2, 0.25) is 0 Å². The maximum atomic E-state index is 11.9. The third kappa shape index (κ3) is 3.63. The fourth-order valence-corrected chi connectivity index (χ4v) is 4.74. The Morgan fingerprint density at radius 3 is 2.65 bits per heavy atom. The van der Waals surface area contributed by atoms with Crippen molar-refractivity contribution in [2.24, 2.45) is 10.6 Å². The number of alkyl halides is 1. The van der Waals surface area contributed by atoms with Crippen molar-refractivity contribution in [3.63, 3.8) is 0 Å². The summed E-state index contributed by atoms with van der Waals surface area (Å²) in [5.41, 5.74) is 6.87. The predicted molar refractivity (Wildman–Crippen MR) is 92.9 cm³/mol. The fraction of sp³-hybridized carbons (Fsp3) is 0.429. The second kappa shape index (κ2) is 6.31. The Labute approximate surface area is 143 Å². The SMILES string of the molecule is Cc1nc(N)ncc1C1=CC(C)(CCO)C(Br)C(S(N)(=O)=O)=C1. The molecule has 1 heterocycles. The van der Waals surface area contributed by atoms with Gasteiger partial charge in [0.25, 0.3) is 0 Å². The molecule has 7 nitrogen and oxygen atoms in total. The van der Waals surface area contributed by atoms with Crippen molar-refractivity contribution in [2.75, 3.05) is 12.3 Å². The molecule has 1 aliphatic rings. The van der Waals surface area contributed by atoms with E-state index in [-0.39, 0.29) is 17.5 Å². The van der Waals surface area contributed by atoms with Gasteiger partial charge < -0.3 is 10.8 Å². The highest BCUT2D eigenvalue weighted by Gasteiger charge is 2.40. The van der Waals surface area contributed by atoms with Crippen LogP contribution in [0.5, 0.6) is 0 Å². The maximum Gasteiger partial charge on any atom is 0.235 e. The zero-order valence-corrected chi connectivity index (χ0v) is 15.2. The Hall–Kier alpha value is -1.29. The van der Waals surface area contributed by atoms with E-state index in [2.05, 4.69) is 25.9 Å². The minimum atomic E-state index is -3.90. The number of nitrogens with two attached hydrogens (primary N) is 2. The zero-order valence-electron chi connectivity index (χ0n) is 12.8. The molecule has 2 atom stereocenters. The van der Waals surface area contributed by atoms with Gasteiger partial charge in [0.2, 0.25) is 16.0 Å². The Morgan fingerprint density at radius 1 is 1.48 bits per heavy atom. The van der Waals surface area contributed by atoms with Crippen LogP contribution in [0.3, 0.4) is 0 Å². The molecule has 5 N–H and O–H groups in total. The molecular formula is C14H19BrN4O3S. The first-order chi connectivity index (χ1) is 10.6. The summed E-state index contributed by atoms with van der Waals surface area (Å²) in [4.78, 5) is 7.60. The standard InChI is InChI=1S/C14H19BrN4O3S/c1-8-10(7-18-13(16)19-8)9-5-11(23(17,21)22)12(15)14(2,6-9)3-4-20/h5-7,12,20H,3-4H2,1-2H3,(H2,16,18,19)(H2,17,21,22). The van der Waals surface area contributed by atoms with Crippen molar-refractivity contribution in [3.05, 3.63) is 34.5 Å². The number of aliphatic hydroxyl groups is 1. The van der Waals surface area contributed by atoms with Crippen molar-refractivity contribution >= 4 is 37.5 Å². The van der Waals surface area contributed by atoms with Crippen molar-refractivity contribution < 1.29 is 13.5 Å². The zero-order chi connectivity index (χ0) is 17.4. The molecule has 126 valence electrons. The number of halogens is 1. The fourth-order valence-electron chi connectivity index (χ4n) is 2.61. The van der Waals surface area contributed by atoms with Gasteiger partial charge in [-0.05, 0) is 25.0 Å². The van der Waals surface area contributed by atoms with Gasteiger partial charge in [-0.25, -0.2) is 23.5 Å². The summed E-state index contributed by atoms with van der Waals surface area (Å²) in [6, 6.07) is 0. The number of hydrogen-bond acceptors (Lipinski definition) is 6. The summed E-state index contributed by atoms with van der Waals surface area (Å²) >= 11 is 3.41. The summed E-state index contributed by atoms with van der Waals surface area (Å²) in [6.07, 6.45) is 5.33. The smallest absolute Gasteiger partial charge is 0.235 e. The van der Waals surface area contributed by atoms with Crippen LogP contribution in [0, 0.1) is 12.3 Å². The van der Waals surface area contributed by atoms with Crippen molar-refractivity contribution in [1.29, 1.82) is 0 Å². The van der Waals surface area contributed by atoms with Crippen molar-refractivity contribution in [2.45, 2.75) is 25.1 Å². The van der Waals surface area contributed by atoms with Gasteiger partial charge >= 0.3 is 0 Å². The molecule has 1 aliphatic carbocycles. The monoisotopic (exact) mass is 402 g/mol. The molecule has 2 unspecified atom stereocenters. The van der Waals surface area contributed by atoms with Gasteiger partial charge in [0, 0.05) is 23.8 Å². The number of nitrogen functional groups attached to an aromatic ring is 1. The van der Waals surface area contributed by atoms with Gasteiger partial charge in [0.1, 0.15) is 0 Å². The average Bonchev–Trinajstić information content (AvgIpc) is 2.41. The Kier molecular flexibility index (Phi) is 4.95. The number of primary sulfonamides is 1. The van der Waals surface area contributed by atoms with Crippen molar-refractivity contribution in [3.8, 4) is 0 Å². The summed E-state index contributed by atoms with van der Waals surface area (Å²) < 4.78 is 23.9. The average molecular weight is 403 g/mol. The molecule has 1 aromatic rings. The highest BCUT2D eigenvalue weighted by molar-refractivity contribution is 9.09. The van der Waals surface area contributed by atoms with E-state index in [4.69, 9.17) is 10.9 Å². The summed E-state index contributed by atoms with van der Waals surface area (Å²) in [6.45, 7) is 3.54. The molecule has 9 heteroatoms. The predicted octanol–water partition coefficient (Wildman–Crippen LogP) is 1.09.